The number of aromatic nitrogens is 4. The minimum Gasteiger partial charge on any atom is -0.375 e. The molecule has 84 valence electrons. The number of hydrogen-bond acceptors (Lipinski definition) is 6. The van der Waals surface area contributed by atoms with Crippen molar-refractivity contribution in [3.05, 3.63) is 22.5 Å². The van der Waals surface area contributed by atoms with Crippen LogP contribution in [0, 0.1) is 6.92 Å². The van der Waals surface area contributed by atoms with Gasteiger partial charge < -0.3 is 11.1 Å². The van der Waals surface area contributed by atoms with E-state index in [1.165, 1.54) is 11.3 Å². The van der Waals surface area contributed by atoms with Crippen LogP contribution in [0.4, 0.5) is 5.13 Å². The zero-order valence-corrected chi connectivity index (χ0v) is 9.34. The fourth-order valence-corrected chi connectivity index (χ4v) is 1.72. The van der Waals surface area contributed by atoms with Crippen LogP contribution >= 0.6 is 11.3 Å². The second kappa shape index (κ2) is 4.27. The molecule has 4 N–H and O–H groups in total. The predicted octanol–water partition coefficient (Wildman–Crippen LogP) is 0.0818. The van der Waals surface area contributed by atoms with E-state index in [0.717, 1.165) is 5.69 Å². The molecule has 0 aliphatic heterocycles. The van der Waals surface area contributed by atoms with E-state index in [1.807, 2.05) is 0 Å². The van der Waals surface area contributed by atoms with Gasteiger partial charge in [0.05, 0.1) is 17.9 Å². The van der Waals surface area contributed by atoms with Crippen LogP contribution in [-0.4, -0.2) is 26.3 Å². The average molecular weight is 238 g/mol. The number of nitrogens with one attached hydrogen (secondary N) is 2. The molecule has 2 rings (SSSR count). The molecule has 0 bridgehead atoms. The van der Waals surface area contributed by atoms with Crippen LogP contribution < -0.4 is 11.1 Å². The molecule has 0 saturated carbocycles. The molecule has 0 saturated heterocycles. The molecule has 2 heterocycles. The van der Waals surface area contributed by atoms with Gasteiger partial charge in [0.1, 0.15) is 0 Å². The van der Waals surface area contributed by atoms with Gasteiger partial charge in [-0.25, -0.2) is 4.98 Å². The molecule has 0 unspecified atom stereocenters. The zero-order chi connectivity index (χ0) is 11.5. The summed E-state index contributed by atoms with van der Waals surface area (Å²) >= 11 is 1.34. The van der Waals surface area contributed by atoms with Crippen molar-refractivity contribution in [3.8, 4) is 0 Å². The number of hydrogen-bond donors (Lipinski definition) is 3. The summed E-state index contributed by atoms with van der Waals surface area (Å²) in [6.07, 6.45) is 0. The number of amides is 1. The van der Waals surface area contributed by atoms with E-state index in [1.54, 1.807) is 12.3 Å². The lowest BCUT2D eigenvalue weighted by atomic mass is 10.3. The molecule has 1 amide bonds. The SMILES string of the molecule is Cc1n[nH]nc1C(=O)NCc1csc(N)n1. The van der Waals surface area contributed by atoms with Crippen LogP contribution in [0.3, 0.4) is 0 Å². The molecule has 0 fully saturated rings. The molecule has 2 aromatic heterocycles. The number of nitrogens with zero attached hydrogens (tertiary/aromatic N) is 3. The van der Waals surface area contributed by atoms with Crippen LogP contribution in [-0.2, 0) is 6.54 Å². The van der Waals surface area contributed by atoms with Gasteiger partial charge in [0, 0.05) is 5.38 Å². The molecule has 0 aromatic carbocycles. The Balaban J connectivity index is 1.96. The third kappa shape index (κ3) is 2.16. The highest BCUT2D eigenvalue weighted by molar-refractivity contribution is 7.13. The number of rotatable bonds is 3. The molecule has 0 atom stereocenters. The van der Waals surface area contributed by atoms with Crippen LogP contribution in [0.5, 0.6) is 0 Å². The Morgan fingerprint density at radius 3 is 3.00 bits per heavy atom. The van der Waals surface area contributed by atoms with Crippen LogP contribution in [0.1, 0.15) is 21.9 Å². The number of carbonyl (C=O) groups excluding carboxylic acids is 1. The Hall–Kier alpha value is -1.96. The highest BCUT2D eigenvalue weighted by Gasteiger charge is 2.12. The quantitative estimate of drug-likeness (QED) is 0.701. The van der Waals surface area contributed by atoms with E-state index in [4.69, 9.17) is 5.73 Å². The number of anilines is 1. The van der Waals surface area contributed by atoms with Gasteiger partial charge in [0.2, 0.25) is 0 Å². The van der Waals surface area contributed by atoms with Crippen molar-refractivity contribution in [2.75, 3.05) is 5.73 Å². The van der Waals surface area contributed by atoms with Crippen molar-refractivity contribution < 1.29 is 4.79 Å². The summed E-state index contributed by atoms with van der Waals surface area (Å²) < 4.78 is 0. The van der Waals surface area contributed by atoms with E-state index in [9.17, 15) is 4.79 Å². The molecule has 2 aromatic rings. The Labute approximate surface area is 95.1 Å². The standard InChI is InChI=1S/C8H10N6OS/c1-4-6(13-14-12-4)7(15)10-2-5-3-16-8(9)11-5/h3H,2H2,1H3,(H2,9,11)(H,10,15)(H,12,13,14). The average Bonchev–Trinajstić information content (AvgIpc) is 2.84. The van der Waals surface area contributed by atoms with Crippen LogP contribution in [0.25, 0.3) is 0 Å². The third-order valence-electron chi connectivity index (χ3n) is 1.94. The summed E-state index contributed by atoms with van der Waals surface area (Å²) in [6.45, 7) is 2.04. The van der Waals surface area contributed by atoms with Crippen LogP contribution in [0.15, 0.2) is 5.38 Å². The number of aromatic amines is 1. The summed E-state index contributed by atoms with van der Waals surface area (Å²) in [6, 6.07) is 0. The predicted molar refractivity (Wildman–Crippen MR) is 58.8 cm³/mol. The summed E-state index contributed by atoms with van der Waals surface area (Å²) in [5.41, 5.74) is 7.06. The molecular formula is C8H10N6OS. The second-order valence-corrected chi connectivity index (χ2v) is 4.01. The first-order chi connectivity index (χ1) is 7.66. The van der Waals surface area contributed by atoms with E-state index in [-0.39, 0.29) is 5.91 Å². The van der Waals surface area contributed by atoms with Gasteiger partial charge in [-0.15, -0.1) is 11.3 Å². The monoisotopic (exact) mass is 238 g/mol. The number of nitrogens with two attached hydrogens (primary N) is 1. The maximum atomic E-state index is 11.6. The fourth-order valence-electron chi connectivity index (χ4n) is 1.16. The van der Waals surface area contributed by atoms with E-state index >= 15 is 0 Å². The first kappa shape index (κ1) is 10.6. The topological polar surface area (TPSA) is 110 Å². The number of aryl methyl sites for hydroxylation is 1. The van der Waals surface area contributed by atoms with Crippen molar-refractivity contribution in [3.63, 3.8) is 0 Å². The van der Waals surface area contributed by atoms with Crippen molar-refractivity contribution in [1.82, 2.24) is 25.7 Å². The van der Waals surface area contributed by atoms with Gasteiger partial charge in [-0.05, 0) is 6.92 Å². The van der Waals surface area contributed by atoms with Crippen molar-refractivity contribution in [2.24, 2.45) is 0 Å². The maximum Gasteiger partial charge on any atom is 0.274 e. The molecule has 8 heteroatoms. The largest absolute Gasteiger partial charge is 0.375 e. The van der Waals surface area contributed by atoms with Crippen LogP contribution in [0.2, 0.25) is 0 Å². The zero-order valence-electron chi connectivity index (χ0n) is 8.52. The lowest BCUT2D eigenvalue weighted by Crippen LogP contribution is -2.24. The van der Waals surface area contributed by atoms with E-state index in [0.29, 0.717) is 23.1 Å². The summed E-state index contributed by atoms with van der Waals surface area (Å²) in [5.74, 6) is -0.280. The smallest absolute Gasteiger partial charge is 0.274 e. The number of thiazole rings is 1. The minimum absolute atomic E-state index is 0.280. The Kier molecular flexibility index (Phi) is 2.82. The molecule has 0 spiro atoms. The molecular weight excluding hydrogens is 228 g/mol. The first-order valence-corrected chi connectivity index (χ1v) is 5.40. The maximum absolute atomic E-state index is 11.6. The first-order valence-electron chi connectivity index (χ1n) is 4.52. The van der Waals surface area contributed by atoms with E-state index < -0.39 is 0 Å². The molecule has 0 aliphatic rings. The number of nitrogen functional groups attached to an aromatic ring is 1. The number of H-pyrrole nitrogens is 1. The lowest BCUT2D eigenvalue weighted by Gasteiger charge is -1.99. The lowest BCUT2D eigenvalue weighted by molar-refractivity contribution is 0.0945. The number of carbonyl (C=O) groups is 1. The highest BCUT2D eigenvalue weighted by Crippen LogP contribution is 2.10. The van der Waals surface area contributed by atoms with Gasteiger partial charge in [-0.2, -0.15) is 15.4 Å². The summed E-state index contributed by atoms with van der Waals surface area (Å²) in [4.78, 5) is 15.6. The second-order valence-electron chi connectivity index (χ2n) is 3.12. The Bertz CT molecular complexity index is 504. The van der Waals surface area contributed by atoms with Crippen molar-refractivity contribution in [1.29, 1.82) is 0 Å². The molecule has 7 nitrogen and oxygen atoms in total. The minimum atomic E-state index is -0.280. The molecule has 16 heavy (non-hydrogen) atoms. The van der Waals surface area contributed by atoms with Gasteiger partial charge in [-0.3, -0.25) is 4.79 Å². The van der Waals surface area contributed by atoms with Crippen molar-refractivity contribution >= 4 is 22.4 Å². The van der Waals surface area contributed by atoms with Gasteiger partial charge in [0.15, 0.2) is 10.8 Å². The summed E-state index contributed by atoms with van der Waals surface area (Å²) in [7, 11) is 0. The van der Waals surface area contributed by atoms with E-state index in [2.05, 4.69) is 25.7 Å². The fraction of sp³-hybridized carbons (Fsp3) is 0.250. The Morgan fingerprint density at radius 1 is 1.62 bits per heavy atom. The van der Waals surface area contributed by atoms with Crippen molar-refractivity contribution in [2.45, 2.75) is 13.5 Å². The Morgan fingerprint density at radius 2 is 2.44 bits per heavy atom. The third-order valence-corrected chi connectivity index (χ3v) is 2.66. The van der Waals surface area contributed by atoms with Gasteiger partial charge in [0.25, 0.3) is 5.91 Å². The molecule has 0 radical (unpaired) electrons. The van der Waals surface area contributed by atoms with Gasteiger partial charge >= 0.3 is 0 Å². The van der Waals surface area contributed by atoms with Gasteiger partial charge in [-0.1, -0.05) is 0 Å². The normalized spacial score (nSPS) is 10.3. The highest BCUT2D eigenvalue weighted by atomic mass is 32.1. The summed E-state index contributed by atoms with van der Waals surface area (Å²) in [5, 5.41) is 14.9. The molecule has 0 aliphatic carbocycles.